The summed E-state index contributed by atoms with van der Waals surface area (Å²) >= 11 is 0. The molecule has 2 rings (SSSR count). The van der Waals surface area contributed by atoms with Crippen LogP contribution >= 0.6 is 0 Å². The van der Waals surface area contributed by atoms with Gasteiger partial charge in [-0.1, -0.05) is 19.8 Å². The van der Waals surface area contributed by atoms with Gasteiger partial charge in [-0.25, -0.2) is 0 Å². The Labute approximate surface area is 101 Å². The lowest BCUT2D eigenvalue weighted by atomic mass is 9.67. The molecule has 1 saturated heterocycles. The Morgan fingerprint density at radius 2 is 2.12 bits per heavy atom. The minimum Gasteiger partial charge on any atom is -0.396 e. The third-order valence-corrected chi connectivity index (χ3v) is 4.80. The van der Waals surface area contributed by atoms with Crippen molar-refractivity contribution in [1.29, 1.82) is 0 Å². The molecule has 1 N–H and O–H groups in total. The lowest BCUT2D eigenvalue weighted by Crippen LogP contribution is -2.35. The average molecular weight is 228 g/mol. The first-order valence-corrected chi connectivity index (χ1v) is 6.94. The Hall–Kier alpha value is -0.0800. The molecule has 1 aliphatic carbocycles. The number of rotatable bonds is 2. The van der Waals surface area contributed by atoms with E-state index in [0.717, 1.165) is 12.5 Å². The van der Waals surface area contributed by atoms with E-state index in [-0.39, 0.29) is 1.43 Å². The third kappa shape index (κ3) is 2.60. The smallest absolute Gasteiger partial charge is 0.0547 e. The van der Waals surface area contributed by atoms with Crippen molar-refractivity contribution in [3.63, 3.8) is 0 Å². The summed E-state index contributed by atoms with van der Waals surface area (Å²) in [5.41, 5.74) is 0. The molecular formula is C14H28O2. The molecule has 5 atom stereocenters. The van der Waals surface area contributed by atoms with Crippen LogP contribution in [0, 0.1) is 23.7 Å². The second-order valence-corrected chi connectivity index (χ2v) is 5.90. The molecule has 1 saturated carbocycles. The maximum atomic E-state index is 9.36. The summed E-state index contributed by atoms with van der Waals surface area (Å²) in [6.45, 7) is 5.66. The van der Waals surface area contributed by atoms with Crippen LogP contribution < -0.4 is 0 Å². The van der Waals surface area contributed by atoms with Crippen LogP contribution in [0.25, 0.3) is 0 Å². The second-order valence-electron chi connectivity index (χ2n) is 5.90. The number of hydrogen-bond acceptors (Lipinski definition) is 2. The van der Waals surface area contributed by atoms with Gasteiger partial charge in [0.25, 0.3) is 0 Å². The van der Waals surface area contributed by atoms with Gasteiger partial charge in [0.05, 0.1) is 12.7 Å². The van der Waals surface area contributed by atoms with Crippen molar-refractivity contribution in [2.75, 3.05) is 13.2 Å². The molecule has 96 valence electrons. The topological polar surface area (TPSA) is 29.5 Å². The van der Waals surface area contributed by atoms with Crippen LogP contribution in [0.4, 0.5) is 0 Å². The fourth-order valence-corrected chi connectivity index (χ4v) is 3.66. The van der Waals surface area contributed by atoms with Crippen LogP contribution in [0.2, 0.25) is 0 Å². The van der Waals surface area contributed by atoms with E-state index in [4.69, 9.17) is 4.74 Å². The van der Waals surface area contributed by atoms with Crippen LogP contribution in [-0.2, 0) is 4.74 Å². The van der Waals surface area contributed by atoms with E-state index in [9.17, 15) is 5.11 Å². The van der Waals surface area contributed by atoms with E-state index in [2.05, 4.69) is 13.8 Å². The predicted molar refractivity (Wildman–Crippen MR) is 67.3 cm³/mol. The fourth-order valence-electron chi connectivity index (χ4n) is 3.66. The zero-order valence-corrected chi connectivity index (χ0v) is 10.7. The Morgan fingerprint density at radius 3 is 2.88 bits per heavy atom. The molecule has 2 aliphatic rings. The number of hydrogen-bond donors (Lipinski definition) is 1. The standard InChI is InChI=1S/C14H26O2.H2/c1-10(8-15)13-5-3-4-12-7-6-11(2)16-9-14(12)13;/h10-15H,3-9H2,1-2H3;1H. The van der Waals surface area contributed by atoms with Gasteiger partial charge >= 0.3 is 0 Å². The van der Waals surface area contributed by atoms with E-state index >= 15 is 0 Å². The second kappa shape index (κ2) is 5.50. The summed E-state index contributed by atoms with van der Waals surface area (Å²) in [4.78, 5) is 0. The van der Waals surface area contributed by atoms with Gasteiger partial charge in [-0.15, -0.1) is 0 Å². The molecule has 0 aromatic carbocycles. The molecule has 0 amide bonds. The molecule has 0 aromatic rings. The normalized spacial score (nSPS) is 42.2. The maximum Gasteiger partial charge on any atom is 0.0547 e. The van der Waals surface area contributed by atoms with Gasteiger partial charge in [0.15, 0.2) is 0 Å². The molecule has 0 radical (unpaired) electrons. The van der Waals surface area contributed by atoms with Crippen molar-refractivity contribution in [2.24, 2.45) is 23.7 Å². The molecule has 5 unspecified atom stereocenters. The molecule has 0 spiro atoms. The predicted octanol–water partition coefficient (Wildman–Crippen LogP) is 3.09. The Balaban J connectivity index is 0.00000144. The van der Waals surface area contributed by atoms with E-state index in [1.807, 2.05) is 0 Å². The first-order chi connectivity index (χ1) is 7.72. The van der Waals surface area contributed by atoms with Gasteiger partial charge in [-0.3, -0.25) is 0 Å². The maximum absolute atomic E-state index is 9.36. The number of aliphatic hydroxyl groups is 1. The van der Waals surface area contributed by atoms with Crippen molar-refractivity contribution in [1.82, 2.24) is 0 Å². The summed E-state index contributed by atoms with van der Waals surface area (Å²) in [5, 5.41) is 9.36. The summed E-state index contributed by atoms with van der Waals surface area (Å²) in [7, 11) is 0. The van der Waals surface area contributed by atoms with Gasteiger partial charge in [-0.05, 0) is 49.9 Å². The van der Waals surface area contributed by atoms with Crippen molar-refractivity contribution in [3.05, 3.63) is 0 Å². The van der Waals surface area contributed by atoms with Crippen molar-refractivity contribution >= 4 is 0 Å². The number of ether oxygens (including phenoxy) is 1. The van der Waals surface area contributed by atoms with Crippen LogP contribution in [0.5, 0.6) is 0 Å². The molecule has 16 heavy (non-hydrogen) atoms. The summed E-state index contributed by atoms with van der Waals surface area (Å²) in [6, 6.07) is 0. The van der Waals surface area contributed by atoms with E-state index in [1.165, 1.54) is 32.1 Å². The molecule has 1 heterocycles. The molecule has 1 aliphatic heterocycles. The Kier molecular flexibility index (Phi) is 4.26. The molecule has 0 aromatic heterocycles. The fraction of sp³-hybridized carbons (Fsp3) is 1.00. The van der Waals surface area contributed by atoms with Crippen LogP contribution in [0.3, 0.4) is 0 Å². The third-order valence-electron chi connectivity index (χ3n) is 4.80. The molecule has 2 heteroatoms. The first kappa shape index (κ1) is 12.4. The van der Waals surface area contributed by atoms with E-state index < -0.39 is 0 Å². The minimum atomic E-state index is 0. The average Bonchev–Trinajstić information content (AvgIpc) is 2.50. The van der Waals surface area contributed by atoms with Crippen LogP contribution in [0.1, 0.15) is 47.4 Å². The lowest BCUT2D eigenvalue weighted by molar-refractivity contribution is -0.00215. The highest BCUT2D eigenvalue weighted by atomic mass is 16.5. The largest absolute Gasteiger partial charge is 0.396 e. The van der Waals surface area contributed by atoms with Crippen LogP contribution in [-0.4, -0.2) is 24.4 Å². The van der Waals surface area contributed by atoms with Gasteiger partial charge < -0.3 is 9.84 Å². The summed E-state index contributed by atoms with van der Waals surface area (Å²) in [5.74, 6) is 2.71. The highest BCUT2D eigenvalue weighted by Gasteiger charge is 2.37. The van der Waals surface area contributed by atoms with Crippen molar-refractivity contribution < 1.29 is 11.3 Å². The molecular weight excluding hydrogens is 200 g/mol. The Morgan fingerprint density at radius 1 is 1.31 bits per heavy atom. The van der Waals surface area contributed by atoms with Gasteiger partial charge in [0.1, 0.15) is 0 Å². The zero-order chi connectivity index (χ0) is 11.5. The summed E-state index contributed by atoms with van der Waals surface area (Å²) < 4.78 is 5.92. The summed E-state index contributed by atoms with van der Waals surface area (Å²) in [6.07, 6.45) is 7.03. The quantitative estimate of drug-likeness (QED) is 0.787. The Bertz CT molecular complexity index is 222. The first-order valence-electron chi connectivity index (χ1n) is 6.94. The number of aliphatic hydroxyl groups excluding tert-OH is 1. The zero-order valence-electron chi connectivity index (χ0n) is 10.7. The van der Waals surface area contributed by atoms with Gasteiger partial charge in [0.2, 0.25) is 0 Å². The van der Waals surface area contributed by atoms with Crippen molar-refractivity contribution in [2.45, 2.75) is 52.1 Å². The number of fused-ring (bicyclic) bond motifs is 1. The van der Waals surface area contributed by atoms with E-state index in [1.54, 1.807) is 0 Å². The highest BCUT2D eigenvalue weighted by Crippen LogP contribution is 2.43. The molecule has 2 fully saturated rings. The highest BCUT2D eigenvalue weighted by molar-refractivity contribution is 4.86. The molecule has 2 nitrogen and oxygen atoms in total. The van der Waals surface area contributed by atoms with Gasteiger partial charge in [0, 0.05) is 8.03 Å². The monoisotopic (exact) mass is 228 g/mol. The SMILES string of the molecule is CC1CCC2CCCC(C(C)CO)C2CO1.[HH]. The molecule has 0 bridgehead atoms. The van der Waals surface area contributed by atoms with Crippen LogP contribution in [0.15, 0.2) is 0 Å². The van der Waals surface area contributed by atoms with Crippen molar-refractivity contribution in [3.8, 4) is 0 Å². The van der Waals surface area contributed by atoms with E-state index in [0.29, 0.717) is 30.5 Å². The van der Waals surface area contributed by atoms with Gasteiger partial charge in [-0.2, -0.15) is 0 Å². The minimum absolute atomic E-state index is 0. The lowest BCUT2D eigenvalue weighted by Gasteiger charge is -2.39.